The second kappa shape index (κ2) is 8.61. The SMILES string of the molecule is CN(c1cc(-c2ccccc2)nc(Nc2ccc(C3(OC=O)CCC3)cc2)n1)C(C)(C)C. The fourth-order valence-corrected chi connectivity index (χ4v) is 3.81. The quantitative estimate of drug-likeness (QED) is 0.487. The van der Waals surface area contributed by atoms with Crippen molar-refractivity contribution in [2.75, 3.05) is 17.3 Å². The van der Waals surface area contributed by atoms with Crippen LogP contribution in [-0.4, -0.2) is 29.0 Å². The third-order valence-electron chi connectivity index (χ3n) is 6.23. The zero-order valence-electron chi connectivity index (χ0n) is 19.1. The van der Waals surface area contributed by atoms with E-state index in [-0.39, 0.29) is 5.54 Å². The molecule has 0 spiro atoms. The third kappa shape index (κ3) is 4.44. The van der Waals surface area contributed by atoms with Crippen LogP contribution in [-0.2, 0) is 15.1 Å². The Balaban J connectivity index is 1.65. The second-order valence-electron chi connectivity index (χ2n) is 9.30. The van der Waals surface area contributed by atoms with Crippen LogP contribution in [0, 0.1) is 0 Å². The van der Waals surface area contributed by atoms with Gasteiger partial charge in [-0.15, -0.1) is 0 Å². The maximum atomic E-state index is 10.9. The van der Waals surface area contributed by atoms with Crippen molar-refractivity contribution in [1.82, 2.24) is 9.97 Å². The number of nitrogens with zero attached hydrogens (tertiary/aromatic N) is 3. The first-order chi connectivity index (χ1) is 15.3. The van der Waals surface area contributed by atoms with Crippen molar-refractivity contribution >= 4 is 23.9 Å². The molecule has 0 aliphatic heterocycles. The molecule has 0 saturated heterocycles. The highest BCUT2D eigenvalue weighted by Crippen LogP contribution is 2.44. The molecular formula is C26H30N4O2. The largest absolute Gasteiger partial charge is 0.456 e. The molecule has 0 atom stereocenters. The summed E-state index contributed by atoms with van der Waals surface area (Å²) in [5.74, 6) is 1.38. The van der Waals surface area contributed by atoms with Gasteiger partial charge in [-0.1, -0.05) is 42.5 Å². The number of rotatable bonds is 7. The number of ether oxygens (including phenoxy) is 1. The number of carbonyl (C=O) groups is 1. The van der Waals surface area contributed by atoms with E-state index in [1.165, 1.54) is 0 Å². The van der Waals surface area contributed by atoms with Crippen molar-refractivity contribution in [1.29, 1.82) is 0 Å². The zero-order valence-corrected chi connectivity index (χ0v) is 19.1. The molecule has 1 N–H and O–H groups in total. The summed E-state index contributed by atoms with van der Waals surface area (Å²) in [4.78, 5) is 22.6. The fourth-order valence-electron chi connectivity index (χ4n) is 3.81. The lowest BCUT2D eigenvalue weighted by Gasteiger charge is -2.40. The predicted octanol–water partition coefficient (Wildman–Crippen LogP) is 5.67. The number of carbonyl (C=O) groups excluding carboxylic acids is 1. The molecule has 1 fully saturated rings. The molecule has 0 bridgehead atoms. The molecule has 3 aromatic rings. The summed E-state index contributed by atoms with van der Waals surface area (Å²) in [5, 5.41) is 3.35. The molecule has 6 nitrogen and oxygen atoms in total. The Bertz CT molecular complexity index is 1070. The van der Waals surface area contributed by atoms with E-state index < -0.39 is 5.60 Å². The van der Waals surface area contributed by atoms with E-state index >= 15 is 0 Å². The van der Waals surface area contributed by atoms with Crippen molar-refractivity contribution in [2.24, 2.45) is 0 Å². The first kappa shape index (κ1) is 21.8. The molecule has 0 amide bonds. The van der Waals surface area contributed by atoms with Gasteiger partial charge in [-0.3, -0.25) is 4.79 Å². The third-order valence-corrected chi connectivity index (χ3v) is 6.23. The van der Waals surface area contributed by atoms with Crippen LogP contribution in [0.3, 0.4) is 0 Å². The van der Waals surface area contributed by atoms with Gasteiger partial charge >= 0.3 is 0 Å². The molecule has 1 aromatic heterocycles. The average Bonchev–Trinajstić information content (AvgIpc) is 2.76. The first-order valence-corrected chi connectivity index (χ1v) is 11.0. The summed E-state index contributed by atoms with van der Waals surface area (Å²) in [6.07, 6.45) is 2.80. The lowest BCUT2D eigenvalue weighted by atomic mass is 9.75. The maximum absolute atomic E-state index is 10.9. The van der Waals surface area contributed by atoms with Crippen LogP contribution in [0.25, 0.3) is 11.3 Å². The zero-order chi connectivity index (χ0) is 22.8. The molecule has 6 heteroatoms. The predicted molar refractivity (Wildman–Crippen MR) is 128 cm³/mol. The van der Waals surface area contributed by atoms with Gasteiger partial charge in [0.2, 0.25) is 5.95 Å². The van der Waals surface area contributed by atoms with Crippen LogP contribution in [0.2, 0.25) is 0 Å². The summed E-state index contributed by atoms with van der Waals surface area (Å²) in [5.41, 5.74) is 3.24. The fraction of sp³-hybridized carbons (Fsp3) is 0.346. The molecule has 2 aromatic carbocycles. The standard InChI is InChI=1S/C26H30N4O2/c1-25(2,3)30(4)23-17-22(19-9-6-5-7-10-19)28-24(29-23)27-21-13-11-20(12-14-21)26(32-18-31)15-8-16-26/h5-7,9-14,17-18H,8,15-16H2,1-4H3,(H,27,28,29). The smallest absolute Gasteiger partial charge is 0.293 e. The molecule has 4 rings (SSSR count). The second-order valence-corrected chi connectivity index (χ2v) is 9.30. The summed E-state index contributed by atoms with van der Waals surface area (Å²) >= 11 is 0. The lowest BCUT2D eigenvalue weighted by Crippen LogP contribution is -2.38. The van der Waals surface area contributed by atoms with Gasteiger partial charge < -0.3 is 15.0 Å². The highest BCUT2D eigenvalue weighted by Gasteiger charge is 2.40. The molecule has 0 radical (unpaired) electrons. The van der Waals surface area contributed by atoms with Crippen molar-refractivity contribution in [3.8, 4) is 11.3 Å². The molecule has 1 aliphatic rings. The van der Waals surface area contributed by atoms with E-state index in [1.54, 1.807) is 0 Å². The van der Waals surface area contributed by atoms with Crippen LogP contribution in [0.15, 0.2) is 60.7 Å². The minimum atomic E-state index is -0.466. The monoisotopic (exact) mass is 430 g/mol. The van der Waals surface area contributed by atoms with E-state index in [9.17, 15) is 4.79 Å². The van der Waals surface area contributed by atoms with Crippen molar-refractivity contribution in [3.05, 3.63) is 66.2 Å². The molecule has 32 heavy (non-hydrogen) atoms. The Kier molecular flexibility index (Phi) is 5.87. The van der Waals surface area contributed by atoms with E-state index in [0.29, 0.717) is 12.4 Å². The van der Waals surface area contributed by atoms with Gasteiger partial charge in [-0.05, 0) is 57.7 Å². The topological polar surface area (TPSA) is 67.3 Å². The van der Waals surface area contributed by atoms with Gasteiger partial charge in [0.05, 0.1) is 5.69 Å². The average molecular weight is 431 g/mol. The van der Waals surface area contributed by atoms with Crippen LogP contribution in [0.5, 0.6) is 0 Å². The van der Waals surface area contributed by atoms with Crippen LogP contribution in [0.1, 0.15) is 45.6 Å². The summed E-state index contributed by atoms with van der Waals surface area (Å²) in [6, 6.07) is 20.1. The number of nitrogens with one attached hydrogen (secondary N) is 1. The van der Waals surface area contributed by atoms with Gasteiger partial charge in [0.25, 0.3) is 6.47 Å². The van der Waals surface area contributed by atoms with Crippen molar-refractivity contribution < 1.29 is 9.53 Å². The van der Waals surface area contributed by atoms with Crippen molar-refractivity contribution in [2.45, 2.75) is 51.2 Å². The highest BCUT2D eigenvalue weighted by molar-refractivity contribution is 5.67. The van der Waals surface area contributed by atoms with Gasteiger partial charge in [0.1, 0.15) is 11.4 Å². The first-order valence-electron chi connectivity index (χ1n) is 11.0. The number of benzene rings is 2. The summed E-state index contributed by atoms with van der Waals surface area (Å²) < 4.78 is 5.42. The Hall–Kier alpha value is -3.41. The summed E-state index contributed by atoms with van der Waals surface area (Å²) in [6.45, 7) is 7.02. The number of aromatic nitrogens is 2. The van der Waals surface area contributed by atoms with Gasteiger partial charge in [0, 0.05) is 29.9 Å². The normalized spacial score (nSPS) is 14.9. The Morgan fingerprint density at radius 1 is 1.03 bits per heavy atom. The molecule has 166 valence electrons. The van der Waals surface area contributed by atoms with E-state index in [1.807, 2.05) is 67.7 Å². The molecule has 1 aliphatic carbocycles. The molecule has 1 saturated carbocycles. The summed E-state index contributed by atoms with van der Waals surface area (Å²) in [7, 11) is 2.04. The van der Waals surface area contributed by atoms with Gasteiger partial charge in [0.15, 0.2) is 0 Å². The van der Waals surface area contributed by atoms with E-state index in [2.05, 4.69) is 31.0 Å². The van der Waals surface area contributed by atoms with Crippen molar-refractivity contribution in [3.63, 3.8) is 0 Å². The number of hydrogen-bond donors (Lipinski definition) is 1. The Morgan fingerprint density at radius 2 is 1.72 bits per heavy atom. The number of anilines is 3. The van der Waals surface area contributed by atoms with Crippen LogP contribution >= 0.6 is 0 Å². The van der Waals surface area contributed by atoms with E-state index in [0.717, 1.165) is 47.6 Å². The number of hydrogen-bond acceptors (Lipinski definition) is 6. The highest BCUT2D eigenvalue weighted by atomic mass is 16.5. The van der Waals surface area contributed by atoms with Gasteiger partial charge in [-0.2, -0.15) is 4.98 Å². The van der Waals surface area contributed by atoms with Crippen LogP contribution < -0.4 is 10.2 Å². The van der Waals surface area contributed by atoms with E-state index in [4.69, 9.17) is 14.7 Å². The lowest BCUT2D eigenvalue weighted by molar-refractivity contribution is -0.155. The van der Waals surface area contributed by atoms with Gasteiger partial charge in [-0.25, -0.2) is 4.98 Å². The molecular weight excluding hydrogens is 400 g/mol. The van der Waals surface area contributed by atoms with Crippen LogP contribution in [0.4, 0.5) is 17.5 Å². The minimum Gasteiger partial charge on any atom is -0.456 e. The maximum Gasteiger partial charge on any atom is 0.293 e. The minimum absolute atomic E-state index is 0.0864. The Labute approximate surface area is 189 Å². The molecule has 1 heterocycles. The molecule has 0 unspecified atom stereocenters. The Morgan fingerprint density at radius 3 is 2.28 bits per heavy atom.